The van der Waals surface area contributed by atoms with Gasteiger partial charge in [-0.2, -0.15) is 0 Å². The Balaban J connectivity index is 2.09. The number of ether oxygens (including phenoxy) is 1. The molecule has 1 heterocycles. The maximum atomic E-state index is 5.80. The summed E-state index contributed by atoms with van der Waals surface area (Å²) in [7, 11) is 0. The van der Waals surface area contributed by atoms with Crippen LogP contribution >= 0.6 is 0 Å². The Hall–Kier alpha value is -1.77. The number of rotatable bonds is 4. The first-order valence-electron chi connectivity index (χ1n) is 5.91. The van der Waals surface area contributed by atoms with E-state index in [0.717, 1.165) is 29.4 Å². The lowest BCUT2D eigenvalue weighted by Gasteiger charge is -2.09. The molecule has 3 nitrogen and oxygen atoms in total. The Labute approximate surface area is 102 Å². The summed E-state index contributed by atoms with van der Waals surface area (Å²) in [6.07, 6.45) is 2.05. The minimum Gasteiger partial charge on any atom is -0.485 e. The topological polar surface area (TPSA) is 27.1 Å². The van der Waals surface area contributed by atoms with E-state index in [-0.39, 0.29) is 0 Å². The van der Waals surface area contributed by atoms with Gasteiger partial charge in [-0.1, -0.05) is 18.2 Å². The van der Waals surface area contributed by atoms with E-state index in [9.17, 15) is 0 Å². The van der Waals surface area contributed by atoms with Gasteiger partial charge in [-0.25, -0.2) is 4.98 Å². The Morgan fingerprint density at radius 2 is 2.00 bits per heavy atom. The lowest BCUT2D eigenvalue weighted by Crippen LogP contribution is -2.05. The Morgan fingerprint density at radius 1 is 1.24 bits per heavy atom. The molecule has 0 aliphatic rings. The van der Waals surface area contributed by atoms with Crippen LogP contribution in [0.25, 0.3) is 0 Å². The molecule has 17 heavy (non-hydrogen) atoms. The van der Waals surface area contributed by atoms with Gasteiger partial charge in [0.05, 0.1) is 5.69 Å². The number of hydrogen-bond donors (Lipinski definition) is 0. The van der Waals surface area contributed by atoms with Gasteiger partial charge in [0, 0.05) is 12.7 Å². The molecule has 0 unspecified atom stereocenters. The van der Waals surface area contributed by atoms with Gasteiger partial charge >= 0.3 is 0 Å². The van der Waals surface area contributed by atoms with Gasteiger partial charge in [0.2, 0.25) is 0 Å². The van der Waals surface area contributed by atoms with Crippen molar-refractivity contribution in [3.8, 4) is 5.75 Å². The Bertz CT molecular complexity index is 503. The van der Waals surface area contributed by atoms with Crippen molar-refractivity contribution < 1.29 is 4.74 Å². The molecule has 2 rings (SSSR count). The van der Waals surface area contributed by atoms with Crippen LogP contribution in [0.4, 0.5) is 0 Å². The molecule has 0 saturated heterocycles. The molecular formula is C14H18N2O. The Morgan fingerprint density at radius 3 is 2.71 bits per heavy atom. The van der Waals surface area contributed by atoms with Crippen LogP contribution in [0.2, 0.25) is 0 Å². The summed E-state index contributed by atoms with van der Waals surface area (Å²) in [6.45, 7) is 7.61. The van der Waals surface area contributed by atoms with Crippen LogP contribution < -0.4 is 4.74 Å². The second-order valence-electron chi connectivity index (χ2n) is 4.14. The van der Waals surface area contributed by atoms with Crippen LogP contribution in [0.15, 0.2) is 30.5 Å². The van der Waals surface area contributed by atoms with Crippen LogP contribution in [0.1, 0.15) is 24.0 Å². The molecule has 2 aromatic rings. The first-order chi connectivity index (χ1) is 8.20. The fraction of sp³-hybridized carbons (Fsp3) is 0.357. The van der Waals surface area contributed by atoms with Crippen LogP contribution in [0.5, 0.6) is 5.75 Å². The van der Waals surface area contributed by atoms with Crippen LogP contribution in [0.3, 0.4) is 0 Å². The molecule has 3 heteroatoms. The van der Waals surface area contributed by atoms with Crippen molar-refractivity contribution >= 4 is 0 Å². The molecule has 0 N–H and O–H groups in total. The molecule has 0 amide bonds. The molecule has 0 saturated carbocycles. The third-order valence-electron chi connectivity index (χ3n) is 2.77. The number of para-hydroxylation sites is 1. The number of benzene rings is 1. The second kappa shape index (κ2) is 5.04. The quantitative estimate of drug-likeness (QED) is 0.807. The zero-order chi connectivity index (χ0) is 12.3. The lowest BCUT2D eigenvalue weighted by molar-refractivity contribution is 0.288. The number of nitrogens with zero attached hydrogens (tertiary/aromatic N) is 2. The van der Waals surface area contributed by atoms with E-state index in [1.807, 2.05) is 38.1 Å². The van der Waals surface area contributed by atoms with E-state index in [2.05, 4.69) is 22.7 Å². The minimum absolute atomic E-state index is 0.520. The number of aryl methyl sites for hydroxylation is 3. The summed E-state index contributed by atoms with van der Waals surface area (Å²) in [5.74, 6) is 1.91. The van der Waals surface area contributed by atoms with E-state index < -0.39 is 0 Å². The highest BCUT2D eigenvalue weighted by atomic mass is 16.5. The maximum absolute atomic E-state index is 5.80. The smallest absolute Gasteiger partial charge is 0.147 e. The zero-order valence-electron chi connectivity index (χ0n) is 10.6. The first-order valence-corrected chi connectivity index (χ1v) is 5.91. The normalized spacial score (nSPS) is 10.5. The van der Waals surface area contributed by atoms with Gasteiger partial charge in [-0.05, 0) is 32.4 Å². The molecule has 0 spiro atoms. The van der Waals surface area contributed by atoms with E-state index in [1.165, 1.54) is 0 Å². The number of imidazole rings is 1. The summed E-state index contributed by atoms with van der Waals surface area (Å²) >= 11 is 0. The van der Waals surface area contributed by atoms with E-state index in [1.54, 1.807) is 0 Å². The highest BCUT2D eigenvalue weighted by molar-refractivity contribution is 5.31. The summed E-state index contributed by atoms with van der Waals surface area (Å²) in [5, 5.41) is 0. The zero-order valence-corrected chi connectivity index (χ0v) is 10.6. The molecule has 90 valence electrons. The summed E-state index contributed by atoms with van der Waals surface area (Å²) < 4.78 is 7.91. The second-order valence-corrected chi connectivity index (χ2v) is 4.14. The number of aromatic nitrogens is 2. The van der Waals surface area contributed by atoms with E-state index in [4.69, 9.17) is 4.74 Å². The van der Waals surface area contributed by atoms with Crippen LogP contribution in [-0.2, 0) is 13.2 Å². The van der Waals surface area contributed by atoms with Gasteiger partial charge in [-0.3, -0.25) is 0 Å². The predicted molar refractivity (Wildman–Crippen MR) is 68.1 cm³/mol. The van der Waals surface area contributed by atoms with E-state index >= 15 is 0 Å². The average molecular weight is 230 g/mol. The molecule has 1 aromatic carbocycles. The highest BCUT2D eigenvalue weighted by Crippen LogP contribution is 2.17. The van der Waals surface area contributed by atoms with Crippen LogP contribution in [-0.4, -0.2) is 9.55 Å². The highest BCUT2D eigenvalue weighted by Gasteiger charge is 2.05. The molecule has 0 radical (unpaired) electrons. The molecule has 0 bridgehead atoms. The van der Waals surface area contributed by atoms with E-state index in [0.29, 0.717) is 6.61 Å². The fourth-order valence-corrected chi connectivity index (χ4v) is 1.85. The molecule has 0 atom stereocenters. The first kappa shape index (κ1) is 11.7. The SMILES string of the molecule is CCn1cc(C)nc1COc1ccccc1C. The Kier molecular flexibility index (Phi) is 3.47. The fourth-order valence-electron chi connectivity index (χ4n) is 1.85. The van der Waals surface area contributed by atoms with Crippen molar-refractivity contribution in [2.24, 2.45) is 0 Å². The summed E-state index contributed by atoms with van der Waals surface area (Å²) in [5.41, 5.74) is 2.19. The largest absolute Gasteiger partial charge is 0.485 e. The monoisotopic (exact) mass is 230 g/mol. The molecule has 0 fully saturated rings. The molecule has 1 aromatic heterocycles. The van der Waals surface area contributed by atoms with Crippen molar-refractivity contribution in [2.45, 2.75) is 33.9 Å². The van der Waals surface area contributed by atoms with Crippen molar-refractivity contribution in [3.05, 3.63) is 47.5 Å². The number of hydrogen-bond acceptors (Lipinski definition) is 2. The lowest BCUT2D eigenvalue weighted by atomic mass is 10.2. The van der Waals surface area contributed by atoms with Crippen molar-refractivity contribution in [2.75, 3.05) is 0 Å². The van der Waals surface area contributed by atoms with Crippen molar-refractivity contribution in [3.63, 3.8) is 0 Å². The van der Waals surface area contributed by atoms with Crippen molar-refractivity contribution in [1.82, 2.24) is 9.55 Å². The third-order valence-corrected chi connectivity index (χ3v) is 2.77. The van der Waals surface area contributed by atoms with Gasteiger partial charge < -0.3 is 9.30 Å². The maximum Gasteiger partial charge on any atom is 0.147 e. The minimum atomic E-state index is 0.520. The van der Waals surface area contributed by atoms with Gasteiger partial charge in [0.15, 0.2) is 0 Å². The van der Waals surface area contributed by atoms with Crippen molar-refractivity contribution in [1.29, 1.82) is 0 Å². The molecule has 0 aliphatic carbocycles. The average Bonchev–Trinajstić information content (AvgIpc) is 2.69. The van der Waals surface area contributed by atoms with Crippen LogP contribution in [0, 0.1) is 13.8 Å². The van der Waals surface area contributed by atoms with Gasteiger partial charge in [0.25, 0.3) is 0 Å². The summed E-state index contributed by atoms with van der Waals surface area (Å²) in [6, 6.07) is 8.04. The predicted octanol–water partition coefficient (Wildman–Crippen LogP) is 3.10. The molecule has 0 aliphatic heterocycles. The summed E-state index contributed by atoms with van der Waals surface area (Å²) in [4.78, 5) is 4.46. The molecular weight excluding hydrogens is 212 g/mol. The van der Waals surface area contributed by atoms with Gasteiger partial charge in [0.1, 0.15) is 18.2 Å². The third kappa shape index (κ3) is 2.67. The standard InChI is InChI=1S/C14H18N2O/c1-4-16-9-12(3)15-14(16)10-17-13-8-6-5-7-11(13)2/h5-9H,4,10H2,1-3H3. The van der Waals surface area contributed by atoms with Gasteiger partial charge in [-0.15, -0.1) is 0 Å².